The lowest BCUT2D eigenvalue weighted by Crippen LogP contribution is -2.50. The first-order chi connectivity index (χ1) is 13.2. The van der Waals surface area contributed by atoms with Crippen LogP contribution in [-0.2, 0) is 5.41 Å². The average Bonchev–Trinajstić information content (AvgIpc) is 3.35. The van der Waals surface area contributed by atoms with E-state index in [1.54, 1.807) is 0 Å². The van der Waals surface area contributed by atoms with Crippen LogP contribution in [0.15, 0.2) is 33.3 Å². The molecule has 0 aliphatic heterocycles. The van der Waals surface area contributed by atoms with Crippen LogP contribution in [0, 0.1) is 0 Å². The summed E-state index contributed by atoms with van der Waals surface area (Å²) >= 11 is 3.64. The van der Waals surface area contributed by atoms with Crippen LogP contribution in [0.4, 0.5) is 0 Å². The molecule has 1 heterocycles. The average molecular weight is 466 g/mol. The molecule has 0 atom stereocenters. The van der Waals surface area contributed by atoms with Crippen molar-refractivity contribution in [3.63, 3.8) is 0 Å². The fourth-order valence-corrected chi connectivity index (χ4v) is 10.7. The molecule has 4 nitrogen and oxygen atoms in total. The highest BCUT2D eigenvalue weighted by atomic mass is 79.9. The van der Waals surface area contributed by atoms with Crippen molar-refractivity contribution in [1.82, 2.24) is 5.16 Å². The molecule has 28 heavy (non-hydrogen) atoms. The Morgan fingerprint density at radius 3 is 2.04 bits per heavy atom. The van der Waals surface area contributed by atoms with Crippen molar-refractivity contribution in [2.24, 2.45) is 0 Å². The third kappa shape index (κ3) is 3.59. The minimum absolute atomic E-state index is 0.0966. The molecule has 3 rings (SSSR count). The number of aliphatic hydroxyl groups is 1. The van der Waals surface area contributed by atoms with E-state index in [1.807, 2.05) is 24.3 Å². The fraction of sp³-hybridized carbons (Fsp3) is 0.591. The molecule has 6 heteroatoms. The van der Waals surface area contributed by atoms with E-state index in [9.17, 15) is 5.11 Å². The van der Waals surface area contributed by atoms with Crippen molar-refractivity contribution < 1.29 is 14.1 Å². The lowest BCUT2D eigenvalue weighted by atomic mass is 10.0. The zero-order valence-electron chi connectivity index (χ0n) is 17.8. The predicted octanol–water partition coefficient (Wildman–Crippen LogP) is 6.68. The van der Waals surface area contributed by atoms with E-state index in [0.717, 1.165) is 40.1 Å². The van der Waals surface area contributed by atoms with Crippen molar-refractivity contribution in [2.45, 2.75) is 76.4 Å². The van der Waals surface area contributed by atoms with Crippen molar-refractivity contribution >= 4 is 24.2 Å². The molecule has 0 saturated heterocycles. The SMILES string of the molecule is CC(C)[Si](Oc1ccc(-c2noc(C3(CO)CC3)c2Br)cc1)(C(C)C)C(C)C. The van der Waals surface area contributed by atoms with Crippen LogP contribution < -0.4 is 4.43 Å². The molecule has 154 valence electrons. The van der Waals surface area contributed by atoms with Gasteiger partial charge in [0, 0.05) is 5.56 Å². The summed E-state index contributed by atoms with van der Waals surface area (Å²) in [6.07, 6.45) is 1.88. The van der Waals surface area contributed by atoms with Gasteiger partial charge in [0.05, 0.1) is 16.5 Å². The van der Waals surface area contributed by atoms with Gasteiger partial charge in [-0.3, -0.25) is 0 Å². The molecule has 0 radical (unpaired) electrons. The van der Waals surface area contributed by atoms with Crippen LogP contribution in [0.5, 0.6) is 5.75 Å². The summed E-state index contributed by atoms with van der Waals surface area (Å²) < 4.78 is 13.2. The molecule has 0 bridgehead atoms. The fourth-order valence-electron chi connectivity index (χ4n) is 4.63. The van der Waals surface area contributed by atoms with Crippen LogP contribution in [0.25, 0.3) is 11.3 Å². The predicted molar refractivity (Wildman–Crippen MR) is 119 cm³/mol. The second-order valence-electron chi connectivity index (χ2n) is 9.06. The van der Waals surface area contributed by atoms with Crippen LogP contribution >= 0.6 is 15.9 Å². The highest BCUT2D eigenvalue weighted by molar-refractivity contribution is 9.10. The van der Waals surface area contributed by atoms with Gasteiger partial charge in [0.15, 0.2) is 5.76 Å². The molecule has 1 N–H and O–H groups in total. The van der Waals surface area contributed by atoms with E-state index in [4.69, 9.17) is 8.95 Å². The van der Waals surface area contributed by atoms with Gasteiger partial charge in [-0.2, -0.15) is 0 Å². The first-order valence-corrected chi connectivity index (χ1v) is 13.2. The number of hydrogen-bond acceptors (Lipinski definition) is 4. The zero-order valence-corrected chi connectivity index (χ0v) is 20.3. The molecule has 1 aliphatic carbocycles. The van der Waals surface area contributed by atoms with E-state index in [1.165, 1.54) is 0 Å². The zero-order chi connectivity index (χ0) is 20.7. The number of benzene rings is 1. The molecule has 2 aromatic rings. The highest BCUT2D eigenvalue weighted by Gasteiger charge is 2.49. The smallest absolute Gasteiger partial charge is 0.258 e. The number of hydrogen-bond donors (Lipinski definition) is 1. The number of aliphatic hydroxyl groups excluding tert-OH is 1. The lowest BCUT2D eigenvalue weighted by molar-refractivity contribution is 0.225. The normalized spacial score (nSPS) is 16.2. The van der Waals surface area contributed by atoms with Crippen molar-refractivity contribution in [1.29, 1.82) is 0 Å². The third-order valence-corrected chi connectivity index (χ3v) is 13.1. The standard InChI is InChI=1S/C22H32BrNO3Si/c1-14(2)28(15(3)4,16(5)6)27-18-9-7-17(8-10-18)20-19(23)21(26-24-20)22(13-25)11-12-22/h7-10,14-16,25H,11-13H2,1-6H3. The maximum Gasteiger partial charge on any atom is 0.258 e. The number of rotatable bonds is 8. The van der Waals surface area contributed by atoms with Crippen LogP contribution in [0.2, 0.25) is 16.6 Å². The van der Waals surface area contributed by atoms with Crippen molar-refractivity contribution in [3.8, 4) is 17.0 Å². The summed E-state index contributed by atoms with van der Waals surface area (Å²) in [5.74, 6) is 1.69. The molecule has 0 unspecified atom stereocenters. The molecule has 1 fully saturated rings. The first kappa shape index (κ1) is 21.6. The largest absolute Gasteiger partial charge is 0.543 e. The Kier molecular flexibility index (Phi) is 6.14. The minimum Gasteiger partial charge on any atom is -0.543 e. The molecule has 0 spiro atoms. The summed E-state index contributed by atoms with van der Waals surface area (Å²) in [4.78, 5) is 0. The Morgan fingerprint density at radius 1 is 1.07 bits per heavy atom. The number of nitrogens with zero attached hydrogens (tertiary/aromatic N) is 1. The summed E-state index contributed by atoms with van der Waals surface area (Å²) in [7, 11) is -1.96. The Balaban J connectivity index is 1.86. The van der Waals surface area contributed by atoms with E-state index in [0.29, 0.717) is 16.6 Å². The quantitative estimate of drug-likeness (QED) is 0.441. The summed E-state index contributed by atoms with van der Waals surface area (Å²) in [6, 6.07) is 8.18. The van der Waals surface area contributed by atoms with Crippen LogP contribution in [0.1, 0.15) is 60.1 Å². The minimum atomic E-state index is -1.96. The third-order valence-electron chi connectivity index (χ3n) is 6.40. The molecule has 1 aliphatic rings. The Hall–Kier alpha value is -1.11. The topological polar surface area (TPSA) is 55.5 Å². The van der Waals surface area contributed by atoms with Gasteiger partial charge < -0.3 is 14.1 Å². The molecule has 1 aromatic carbocycles. The van der Waals surface area contributed by atoms with Gasteiger partial charge in [0.2, 0.25) is 0 Å². The first-order valence-electron chi connectivity index (χ1n) is 10.2. The monoisotopic (exact) mass is 465 g/mol. The van der Waals surface area contributed by atoms with E-state index in [2.05, 4.69) is 62.6 Å². The van der Waals surface area contributed by atoms with Crippen molar-refractivity contribution in [2.75, 3.05) is 6.61 Å². The van der Waals surface area contributed by atoms with E-state index < -0.39 is 8.32 Å². The molecular weight excluding hydrogens is 434 g/mol. The lowest BCUT2D eigenvalue weighted by Gasteiger charge is -2.42. The Labute approximate surface area is 177 Å². The number of halogens is 1. The van der Waals surface area contributed by atoms with Crippen LogP contribution in [-0.4, -0.2) is 25.2 Å². The number of aromatic nitrogens is 1. The maximum absolute atomic E-state index is 9.67. The van der Waals surface area contributed by atoms with Gasteiger partial charge in [-0.15, -0.1) is 0 Å². The van der Waals surface area contributed by atoms with Gasteiger partial charge in [-0.05, 0) is 69.7 Å². The summed E-state index contributed by atoms with van der Waals surface area (Å²) in [5, 5.41) is 13.9. The van der Waals surface area contributed by atoms with Gasteiger partial charge in [-0.25, -0.2) is 0 Å². The van der Waals surface area contributed by atoms with E-state index >= 15 is 0 Å². The highest BCUT2D eigenvalue weighted by Crippen LogP contribution is 2.52. The molecular formula is C22H32BrNO3Si. The van der Waals surface area contributed by atoms with E-state index in [-0.39, 0.29) is 12.0 Å². The van der Waals surface area contributed by atoms with Gasteiger partial charge in [-0.1, -0.05) is 46.7 Å². The molecule has 1 aromatic heterocycles. The Bertz CT molecular complexity index is 788. The summed E-state index contributed by atoms with van der Waals surface area (Å²) in [5.41, 5.74) is 3.12. The second-order valence-corrected chi connectivity index (χ2v) is 15.2. The second kappa shape index (κ2) is 7.96. The Morgan fingerprint density at radius 2 is 1.61 bits per heavy atom. The van der Waals surface area contributed by atoms with Gasteiger partial charge >= 0.3 is 0 Å². The van der Waals surface area contributed by atoms with Gasteiger partial charge in [0.1, 0.15) is 11.4 Å². The molecule has 0 amide bonds. The van der Waals surface area contributed by atoms with Crippen molar-refractivity contribution in [3.05, 3.63) is 34.5 Å². The summed E-state index contributed by atoms with van der Waals surface area (Å²) in [6.45, 7) is 13.9. The van der Waals surface area contributed by atoms with Gasteiger partial charge in [0.25, 0.3) is 8.32 Å². The maximum atomic E-state index is 9.67. The van der Waals surface area contributed by atoms with Crippen LogP contribution in [0.3, 0.4) is 0 Å². The molecule has 1 saturated carbocycles.